The fraction of sp³-hybridized carbons (Fsp3) is 1.00. The van der Waals surface area contributed by atoms with Crippen LogP contribution in [0, 0.1) is 0 Å². The summed E-state index contributed by atoms with van der Waals surface area (Å²) in [5.74, 6) is -36.8. The van der Waals surface area contributed by atoms with E-state index in [0.717, 1.165) is 0 Å². The average Bonchev–Trinajstić information content (AvgIpc) is 2.59. The summed E-state index contributed by atoms with van der Waals surface area (Å²) in [6, 6.07) is 0. The summed E-state index contributed by atoms with van der Waals surface area (Å²) in [6.07, 6.45) is -11.3. The zero-order valence-corrected chi connectivity index (χ0v) is 14.7. The molecule has 1 saturated heterocycles. The van der Waals surface area contributed by atoms with Gasteiger partial charge in [0.25, 0.3) is 0 Å². The van der Waals surface area contributed by atoms with Crippen molar-refractivity contribution in [1.29, 1.82) is 0 Å². The van der Waals surface area contributed by atoms with Gasteiger partial charge in [0.2, 0.25) is 0 Å². The van der Waals surface area contributed by atoms with E-state index < -0.39 is 67.1 Å². The van der Waals surface area contributed by atoms with Crippen LogP contribution in [-0.4, -0.2) is 60.7 Å². The maximum absolute atomic E-state index is 13.9. The summed E-state index contributed by atoms with van der Waals surface area (Å²) in [6.45, 7) is -0.812. The van der Waals surface area contributed by atoms with Gasteiger partial charge in [-0.3, -0.25) is 0 Å². The van der Waals surface area contributed by atoms with Crippen molar-refractivity contribution in [3.05, 3.63) is 0 Å². The van der Waals surface area contributed by atoms with E-state index in [1.54, 1.807) is 0 Å². The molecule has 1 aliphatic carbocycles. The minimum atomic E-state index is -7.89. The third-order valence-corrected chi connectivity index (χ3v) is 4.99. The second kappa shape index (κ2) is 7.55. The molecule has 1 heterocycles. The van der Waals surface area contributed by atoms with Crippen molar-refractivity contribution >= 4 is 0 Å². The molecule has 2 nitrogen and oxygen atoms in total. The monoisotopic (exact) mass is 474 g/mol. The summed E-state index contributed by atoms with van der Waals surface area (Å²) in [4.78, 5) is 0. The van der Waals surface area contributed by atoms with Crippen molar-refractivity contribution in [3.63, 3.8) is 0 Å². The van der Waals surface area contributed by atoms with Crippen molar-refractivity contribution in [2.75, 3.05) is 6.61 Å². The van der Waals surface area contributed by atoms with Crippen LogP contribution in [0.5, 0.6) is 0 Å². The summed E-state index contributed by atoms with van der Waals surface area (Å²) in [7, 11) is 0. The predicted molar refractivity (Wildman–Crippen MR) is 72.3 cm³/mol. The predicted octanol–water partition coefficient (Wildman–Crippen LogP) is 5.84. The molecule has 178 valence electrons. The van der Waals surface area contributed by atoms with E-state index in [0.29, 0.717) is 19.3 Å². The van der Waals surface area contributed by atoms with Crippen LogP contribution in [0.2, 0.25) is 0 Å². The average molecular weight is 474 g/mol. The van der Waals surface area contributed by atoms with Gasteiger partial charge in [0, 0.05) is 6.42 Å². The van der Waals surface area contributed by atoms with Crippen LogP contribution in [0.25, 0.3) is 0 Å². The van der Waals surface area contributed by atoms with Crippen LogP contribution in [0.15, 0.2) is 0 Å². The van der Waals surface area contributed by atoms with E-state index in [9.17, 15) is 57.1 Å². The Morgan fingerprint density at radius 2 is 1.07 bits per heavy atom. The Morgan fingerprint density at radius 3 is 1.57 bits per heavy atom. The summed E-state index contributed by atoms with van der Waals surface area (Å²) in [5, 5.41) is 0. The molecule has 0 aromatic carbocycles. The third-order valence-electron chi connectivity index (χ3n) is 4.99. The molecule has 0 aromatic rings. The molecule has 0 amide bonds. The van der Waals surface area contributed by atoms with Crippen LogP contribution in [-0.2, 0) is 9.47 Å². The standard InChI is InChI=1S/C15H15F13O2/c16-10(17,5-7-6-29-8-3-1-2-4-9(8)30-7)11(18,19)12(20,21)13(22,23)14(24,25)15(26,27)28/h7-9H,1-6H2/t7-,8-,9-/m0/s1. The van der Waals surface area contributed by atoms with Gasteiger partial charge in [-0.15, -0.1) is 0 Å². The summed E-state index contributed by atoms with van der Waals surface area (Å²) < 4.78 is 180. The minimum absolute atomic E-state index is 0.245. The summed E-state index contributed by atoms with van der Waals surface area (Å²) in [5.41, 5.74) is 0. The van der Waals surface area contributed by atoms with Crippen molar-refractivity contribution in [3.8, 4) is 0 Å². The SMILES string of the molecule is FC(F)(F)C(F)(F)C(F)(F)C(F)(F)C(F)(F)C(F)(F)C[C@H]1CO[C@H]2CCCC[C@@H]2O1. The van der Waals surface area contributed by atoms with Gasteiger partial charge in [0.1, 0.15) is 0 Å². The van der Waals surface area contributed by atoms with Crippen LogP contribution in [0.3, 0.4) is 0 Å². The second-order valence-electron chi connectivity index (χ2n) is 7.16. The minimum Gasteiger partial charge on any atom is -0.373 e. The lowest BCUT2D eigenvalue weighted by atomic mass is 9.90. The van der Waals surface area contributed by atoms with Crippen LogP contribution in [0.1, 0.15) is 32.1 Å². The molecule has 2 aliphatic rings. The van der Waals surface area contributed by atoms with Gasteiger partial charge in [0.15, 0.2) is 0 Å². The fourth-order valence-electron chi connectivity index (χ4n) is 3.25. The van der Waals surface area contributed by atoms with Gasteiger partial charge in [-0.05, 0) is 12.8 Å². The van der Waals surface area contributed by atoms with E-state index in [-0.39, 0.29) is 6.42 Å². The molecule has 15 heteroatoms. The Labute approximate surface area is 160 Å². The Balaban J connectivity index is 2.26. The van der Waals surface area contributed by atoms with Gasteiger partial charge < -0.3 is 9.47 Å². The van der Waals surface area contributed by atoms with Gasteiger partial charge in [-0.2, -0.15) is 57.1 Å². The third kappa shape index (κ3) is 3.84. The lowest BCUT2D eigenvalue weighted by Crippen LogP contribution is -2.70. The molecule has 30 heavy (non-hydrogen) atoms. The Morgan fingerprint density at radius 1 is 0.600 bits per heavy atom. The molecule has 0 spiro atoms. The number of hydrogen-bond acceptors (Lipinski definition) is 2. The first-order valence-electron chi connectivity index (χ1n) is 8.52. The first-order chi connectivity index (χ1) is 13.3. The molecule has 0 bridgehead atoms. The maximum atomic E-state index is 13.9. The van der Waals surface area contributed by atoms with E-state index in [2.05, 4.69) is 0 Å². The molecule has 0 unspecified atom stereocenters. The highest BCUT2D eigenvalue weighted by Gasteiger charge is 2.90. The van der Waals surface area contributed by atoms with Crippen LogP contribution < -0.4 is 0 Å². The number of alkyl halides is 13. The molecule has 0 radical (unpaired) electrons. The first-order valence-corrected chi connectivity index (χ1v) is 8.52. The first kappa shape index (κ1) is 25.3. The molecule has 0 N–H and O–H groups in total. The lowest BCUT2D eigenvalue weighted by molar-refractivity contribution is -0.441. The smallest absolute Gasteiger partial charge is 0.373 e. The quantitative estimate of drug-likeness (QED) is 0.451. The van der Waals surface area contributed by atoms with E-state index >= 15 is 0 Å². The van der Waals surface area contributed by atoms with Crippen molar-refractivity contribution in [1.82, 2.24) is 0 Å². The Hall–Kier alpha value is -0.990. The largest absolute Gasteiger partial charge is 0.460 e. The molecule has 1 aliphatic heterocycles. The van der Waals surface area contributed by atoms with Crippen LogP contribution in [0.4, 0.5) is 57.1 Å². The van der Waals surface area contributed by atoms with Gasteiger partial charge in [-0.25, -0.2) is 0 Å². The highest BCUT2D eigenvalue weighted by Crippen LogP contribution is 2.60. The maximum Gasteiger partial charge on any atom is 0.460 e. The highest BCUT2D eigenvalue weighted by molar-refractivity contribution is 5.10. The Bertz CT molecular complexity index is 616. The van der Waals surface area contributed by atoms with E-state index in [4.69, 9.17) is 9.47 Å². The number of ether oxygens (including phenoxy) is 2. The van der Waals surface area contributed by atoms with Crippen molar-refractivity contribution in [2.24, 2.45) is 0 Å². The van der Waals surface area contributed by atoms with E-state index in [1.165, 1.54) is 0 Å². The molecule has 3 atom stereocenters. The normalized spacial score (nSPS) is 27.7. The highest BCUT2D eigenvalue weighted by atomic mass is 19.4. The van der Waals surface area contributed by atoms with Crippen molar-refractivity contribution < 1.29 is 66.5 Å². The zero-order valence-electron chi connectivity index (χ0n) is 14.7. The van der Waals surface area contributed by atoms with Crippen LogP contribution >= 0.6 is 0 Å². The molecule has 0 aromatic heterocycles. The zero-order chi connectivity index (χ0) is 23.4. The molecule has 2 fully saturated rings. The molecule has 1 saturated carbocycles. The number of fused-ring (bicyclic) bond motifs is 1. The van der Waals surface area contributed by atoms with Gasteiger partial charge in [0.05, 0.1) is 24.9 Å². The summed E-state index contributed by atoms with van der Waals surface area (Å²) >= 11 is 0. The number of halogens is 13. The molecule has 2 rings (SSSR count). The topological polar surface area (TPSA) is 18.5 Å². The molecular weight excluding hydrogens is 459 g/mol. The second-order valence-corrected chi connectivity index (χ2v) is 7.16. The van der Waals surface area contributed by atoms with Gasteiger partial charge >= 0.3 is 35.8 Å². The van der Waals surface area contributed by atoms with Crippen molar-refractivity contribution in [2.45, 2.75) is 86.2 Å². The van der Waals surface area contributed by atoms with E-state index in [1.807, 2.05) is 0 Å². The number of hydrogen-bond donors (Lipinski definition) is 0. The Kier molecular flexibility index (Phi) is 6.36. The molecular formula is C15H15F13O2. The van der Waals surface area contributed by atoms with Gasteiger partial charge in [-0.1, -0.05) is 12.8 Å². The lowest BCUT2D eigenvalue weighted by Gasteiger charge is -2.43. The fourth-order valence-corrected chi connectivity index (χ4v) is 3.25. The number of rotatable bonds is 6.